The molecule has 3 aromatic carbocycles. The Hall–Kier alpha value is -4.30. The molecule has 2 saturated heterocycles. The van der Waals surface area contributed by atoms with Gasteiger partial charge in [0.25, 0.3) is 0 Å². The summed E-state index contributed by atoms with van der Waals surface area (Å²) in [6, 6.07) is 18.5. The number of halogens is 1. The van der Waals surface area contributed by atoms with E-state index in [-0.39, 0.29) is 5.91 Å². The summed E-state index contributed by atoms with van der Waals surface area (Å²) in [6.45, 7) is 1.93. The lowest BCUT2D eigenvalue weighted by atomic mass is 9.76. The van der Waals surface area contributed by atoms with Crippen LogP contribution in [-0.4, -0.2) is 28.7 Å². The summed E-state index contributed by atoms with van der Waals surface area (Å²) < 4.78 is 14.5. The molecule has 2 fully saturated rings. The van der Waals surface area contributed by atoms with Crippen LogP contribution in [0.4, 0.5) is 15.8 Å². The Labute approximate surface area is 211 Å². The normalized spacial score (nSPS) is 26.3. The minimum atomic E-state index is -1.55. The first kappa shape index (κ1) is 21.9. The molecule has 0 bridgehead atoms. The maximum absolute atomic E-state index is 14.5. The molecule has 4 heterocycles. The van der Waals surface area contributed by atoms with Crippen LogP contribution in [0.15, 0.2) is 72.9 Å². The molecular weight excluding hydrogens is 471 g/mol. The number of imide groups is 1. The van der Waals surface area contributed by atoms with Crippen molar-refractivity contribution in [3.8, 4) is 0 Å². The van der Waals surface area contributed by atoms with E-state index in [9.17, 15) is 18.8 Å². The largest absolute Gasteiger partial charge is 0.361 e. The third kappa shape index (κ3) is 2.93. The molecule has 184 valence electrons. The summed E-state index contributed by atoms with van der Waals surface area (Å²) in [5.74, 6) is -3.59. The molecule has 0 radical (unpaired) electrons. The Bertz CT molecular complexity index is 1630. The van der Waals surface area contributed by atoms with Gasteiger partial charge < -0.3 is 10.3 Å². The maximum atomic E-state index is 14.5. The van der Waals surface area contributed by atoms with Crippen molar-refractivity contribution in [1.82, 2.24) is 10.3 Å². The molecule has 3 aliphatic rings. The van der Waals surface area contributed by atoms with Crippen LogP contribution in [0.3, 0.4) is 0 Å². The summed E-state index contributed by atoms with van der Waals surface area (Å²) in [6.07, 6.45) is 2.30. The van der Waals surface area contributed by atoms with Crippen LogP contribution in [-0.2, 0) is 26.3 Å². The van der Waals surface area contributed by atoms with Crippen molar-refractivity contribution in [2.24, 2.45) is 11.8 Å². The van der Waals surface area contributed by atoms with E-state index in [1.165, 1.54) is 23.1 Å². The number of rotatable bonds is 3. The molecule has 3 amide bonds. The third-order valence-electron chi connectivity index (χ3n) is 8.08. The Morgan fingerprint density at radius 3 is 2.57 bits per heavy atom. The Morgan fingerprint density at radius 2 is 1.76 bits per heavy atom. The van der Waals surface area contributed by atoms with Crippen LogP contribution in [0.5, 0.6) is 0 Å². The number of carbonyl (C=O) groups excluding carboxylic acids is 3. The molecule has 0 aliphatic carbocycles. The summed E-state index contributed by atoms with van der Waals surface area (Å²) >= 11 is 0. The van der Waals surface area contributed by atoms with Crippen LogP contribution in [0.2, 0.25) is 0 Å². The summed E-state index contributed by atoms with van der Waals surface area (Å²) in [5.41, 5.74) is 2.65. The van der Waals surface area contributed by atoms with Crippen molar-refractivity contribution >= 4 is 40.0 Å². The van der Waals surface area contributed by atoms with Gasteiger partial charge in [-0.1, -0.05) is 35.9 Å². The molecule has 1 spiro atoms. The predicted octanol–water partition coefficient (Wildman–Crippen LogP) is 3.78. The number of anilines is 2. The number of fused-ring (bicyclic) bond motifs is 5. The van der Waals surface area contributed by atoms with E-state index in [1.54, 1.807) is 12.1 Å². The fraction of sp³-hybridized carbons (Fsp3) is 0.207. The van der Waals surface area contributed by atoms with Crippen molar-refractivity contribution < 1.29 is 18.8 Å². The lowest BCUT2D eigenvalue weighted by Gasteiger charge is -2.29. The van der Waals surface area contributed by atoms with Crippen LogP contribution in [0.1, 0.15) is 16.7 Å². The van der Waals surface area contributed by atoms with E-state index in [4.69, 9.17) is 0 Å². The second kappa shape index (κ2) is 7.60. The van der Waals surface area contributed by atoms with E-state index in [0.29, 0.717) is 23.4 Å². The fourth-order valence-electron chi connectivity index (χ4n) is 6.43. The molecule has 3 aliphatic heterocycles. The number of benzene rings is 3. The summed E-state index contributed by atoms with van der Waals surface area (Å²) in [4.78, 5) is 46.1. The number of para-hydroxylation sites is 1. The fourth-order valence-corrected chi connectivity index (χ4v) is 6.43. The molecule has 0 unspecified atom stereocenters. The number of amides is 3. The van der Waals surface area contributed by atoms with Crippen LogP contribution < -0.4 is 15.5 Å². The maximum Gasteiger partial charge on any atom is 0.250 e. The number of nitrogens with one attached hydrogen (secondary N) is 3. The first-order valence-electron chi connectivity index (χ1n) is 12.3. The number of hydrogen-bond acceptors (Lipinski definition) is 4. The number of nitrogens with zero attached hydrogens (tertiary/aromatic N) is 1. The third-order valence-corrected chi connectivity index (χ3v) is 8.08. The minimum absolute atomic E-state index is 0.356. The zero-order chi connectivity index (χ0) is 25.5. The second-order valence-corrected chi connectivity index (χ2v) is 10.1. The van der Waals surface area contributed by atoms with Gasteiger partial charge in [0.2, 0.25) is 17.7 Å². The Morgan fingerprint density at radius 1 is 0.973 bits per heavy atom. The molecule has 1 aromatic heterocycles. The summed E-state index contributed by atoms with van der Waals surface area (Å²) in [7, 11) is 0. The van der Waals surface area contributed by atoms with Gasteiger partial charge in [-0.3, -0.25) is 19.7 Å². The highest BCUT2D eigenvalue weighted by molar-refractivity contribution is 6.25. The monoisotopic (exact) mass is 494 g/mol. The first-order chi connectivity index (χ1) is 17.9. The highest BCUT2D eigenvalue weighted by Gasteiger charge is 2.70. The highest BCUT2D eigenvalue weighted by Crippen LogP contribution is 2.54. The second-order valence-electron chi connectivity index (χ2n) is 10.1. The number of aromatic amines is 1. The van der Waals surface area contributed by atoms with E-state index in [2.05, 4.69) is 15.6 Å². The standard InChI is InChI=1S/C29H23FN4O3/c1-15-6-9-18(10-7-15)34-26(35)24-23(12-16-14-31-21-5-3-2-4-19(16)21)33-29(25(24)27(34)36)20-13-17(30)8-11-22(20)32-28(29)37/h2-11,13-14,23-25,31,33H,12H2,1H3,(H,32,37)/t23-,24-,25+,29-/m1/s1. The van der Waals surface area contributed by atoms with Gasteiger partial charge >= 0.3 is 0 Å². The number of carbonyl (C=O) groups is 3. The zero-order valence-corrected chi connectivity index (χ0v) is 19.9. The lowest BCUT2D eigenvalue weighted by molar-refractivity contribution is -0.130. The van der Waals surface area contributed by atoms with Gasteiger partial charge in [0.1, 0.15) is 11.4 Å². The van der Waals surface area contributed by atoms with Gasteiger partial charge in [-0.25, -0.2) is 9.29 Å². The number of aromatic nitrogens is 1. The molecule has 7 rings (SSSR count). The minimum Gasteiger partial charge on any atom is -0.361 e. The van der Waals surface area contributed by atoms with Gasteiger partial charge in [-0.05, 0) is 55.3 Å². The van der Waals surface area contributed by atoms with E-state index in [0.717, 1.165) is 22.0 Å². The van der Waals surface area contributed by atoms with Crippen LogP contribution in [0, 0.1) is 24.6 Å². The molecule has 3 N–H and O–H groups in total. The van der Waals surface area contributed by atoms with Gasteiger partial charge in [-0.2, -0.15) is 0 Å². The molecule has 4 atom stereocenters. The average molecular weight is 495 g/mol. The molecule has 8 heteroatoms. The number of aryl methyl sites for hydroxylation is 1. The van der Waals surface area contributed by atoms with Gasteiger partial charge in [0.05, 0.1) is 17.5 Å². The Balaban J connectivity index is 1.38. The Kier molecular flexibility index (Phi) is 4.51. The van der Waals surface area contributed by atoms with Crippen molar-refractivity contribution in [1.29, 1.82) is 0 Å². The van der Waals surface area contributed by atoms with Crippen molar-refractivity contribution in [3.05, 3.63) is 95.4 Å². The van der Waals surface area contributed by atoms with E-state index >= 15 is 0 Å². The van der Waals surface area contributed by atoms with Crippen molar-refractivity contribution in [2.45, 2.75) is 24.9 Å². The van der Waals surface area contributed by atoms with Crippen molar-refractivity contribution in [3.63, 3.8) is 0 Å². The van der Waals surface area contributed by atoms with Gasteiger partial charge in [0.15, 0.2) is 0 Å². The van der Waals surface area contributed by atoms with E-state index in [1.807, 2.05) is 49.5 Å². The predicted molar refractivity (Wildman–Crippen MR) is 136 cm³/mol. The van der Waals surface area contributed by atoms with Crippen LogP contribution >= 0.6 is 0 Å². The number of H-pyrrole nitrogens is 1. The lowest BCUT2D eigenvalue weighted by Crippen LogP contribution is -2.53. The van der Waals surface area contributed by atoms with E-state index < -0.39 is 41.0 Å². The average Bonchev–Trinajstić information content (AvgIpc) is 3.59. The smallest absolute Gasteiger partial charge is 0.250 e. The summed E-state index contributed by atoms with van der Waals surface area (Å²) in [5, 5.41) is 7.22. The zero-order valence-electron chi connectivity index (χ0n) is 19.9. The van der Waals surface area contributed by atoms with Gasteiger partial charge in [-0.15, -0.1) is 0 Å². The topological polar surface area (TPSA) is 94.3 Å². The highest BCUT2D eigenvalue weighted by atomic mass is 19.1. The van der Waals surface area contributed by atoms with Gasteiger partial charge in [0, 0.05) is 34.4 Å². The number of hydrogen-bond donors (Lipinski definition) is 3. The molecular formula is C29H23FN4O3. The molecule has 0 saturated carbocycles. The van der Waals surface area contributed by atoms with Crippen LogP contribution in [0.25, 0.3) is 10.9 Å². The first-order valence-corrected chi connectivity index (χ1v) is 12.3. The molecule has 7 nitrogen and oxygen atoms in total. The molecule has 37 heavy (non-hydrogen) atoms. The SMILES string of the molecule is Cc1ccc(N2C(=O)[C@H]3[C@@H](C2=O)[C@@]2(N[C@@H]3Cc3c[nH]c4ccccc34)C(=O)Nc3ccc(F)cc32)cc1. The van der Waals surface area contributed by atoms with Crippen molar-refractivity contribution in [2.75, 3.05) is 10.2 Å². The quantitative estimate of drug-likeness (QED) is 0.378. The molecule has 4 aromatic rings.